The summed E-state index contributed by atoms with van der Waals surface area (Å²) in [6.07, 6.45) is 6.01. The highest BCUT2D eigenvalue weighted by Crippen LogP contribution is 2.12. The number of carbonyl (C=O) groups excluding carboxylic acids is 1. The molecule has 1 N–H and O–H groups in total. The number of nitrogens with zero attached hydrogens (tertiary/aromatic N) is 1. The van der Waals surface area contributed by atoms with Gasteiger partial charge in [0.25, 0.3) is 0 Å². The van der Waals surface area contributed by atoms with E-state index in [0.717, 1.165) is 51.1 Å². The van der Waals surface area contributed by atoms with Gasteiger partial charge in [-0.15, -0.1) is 12.4 Å². The lowest BCUT2D eigenvalue weighted by molar-refractivity contribution is -0.133. The third-order valence-electron chi connectivity index (χ3n) is 3.00. The molecular formula is C12H25ClN2OS. The summed E-state index contributed by atoms with van der Waals surface area (Å²) in [5.41, 5.74) is 0. The van der Waals surface area contributed by atoms with Crippen molar-refractivity contribution < 1.29 is 4.79 Å². The molecule has 5 heteroatoms. The highest BCUT2D eigenvalue weighted by Gasteiger charge is 2.25. The summed E-state index contributed by atoms with van der Waals surface area (Å²) in [7, 11) is 0. The zero-order valence-electron chi connectivity index (χ0n) is 10.9. The van der Waals surface area contributed by atoms with Gasteiger partial charge in [-0.1, -0.05) is 6.92 Å². The van der Waals surface area contributed by atoms with Crippen LogP contribution in [0.4, 0.5) is 0 Å². The normalized spacial score (nSPS) is 18.8. The topological polar surface area (TPSA) is 32.3 Å². The van der Waals surface area contributed by atoms with E-state index in [2.05, 4.69) is 23.4 Å². The molecule has 0 spiro atoms. The summed E-state index contributed by atoms with van der Waals surface area (Å²) >= 11 is 1.82. The van der Waals surface area contributed by atoms with Crippen LogP contribution in [-0.2, 0) is 4.79 Å². The van der Waals surface area contributed by atoms with Crippen LogP contribution in [0.5, 0.6) is 0 Å². The molecule has 0 bridgehead atoms. The molecule has 1 aliphatic rings. The molecule has 0 aromatic heterocycles. The largest absolute Gasteiger partial charge is 0.338 e. The molecule has 1 heterocycles. The van der Waals surface area contributed by atoms with E-state index in [0.29, 0.717) is 11.9 Å². The van der Waals surface area contributed by atoms with Gasteiger partial charge in [-0.3, -0.25) is 4.79 Å². The van der Waals surface area contributed by atoms with Gasteiger partial charge in [0.05, 0.1) is 0 Å². The van der Waals surface area contributed by atoms with E-state index in [-0.39, 0.29) is 12.4 Å². The Morgan fingerprint density at radius 1 is 1.53 bits per heavy atom. The van der Waals surface area contributed by atoms with Gasteiger partial charge in [0.1, 0.15) is 0 Å². The number of halogens is 1. The average Bonchev–Trinajstić information content (AvgIpc) is 2.79. The zero-order chi connectivity index (χ0) is 11.8. The van der Waals surface area contributed by atoms with Crippen molar-refractivity contribution in [2.75, 3.05) is 31.6 Å². The maximum absolute atomic E-state index is 12.1. The first-order valence-electron chi connectivity index (χ1n) is 6.28. The highest BCUT2D eigenvalue weighted by molar-refractivity contribution is 7.98. The van der Waals surface area contributed by atoms with Crippen molar-refractivity contribution in [3.05, 3.63) is 0 Å². The second-order valence-corrected chi connectivity index (χ2v) is 5.32. The molecule has 1 fully saturated rings. The molecule has 1 rings (SSSR count). The van der Waals surface area contributed by atoms with Crippen LogP contribution >= 0.6 is 24.2 Å². The minimum Gasteiger partial charge on any atom is -0.338 e. The maximum Gasteiger partial charge on any atom is 0.222 e. The molecule has 0 radical (unpaired) electrons. The molecule has 0 aromatic carbocycles. The lowest BCUT2D eigenvalue weighted by Gasteiger charge is -2.28. The van der Waals surface area contributed by atoms with Gasteiger partial charge in [0.2, 0.25) is 5.91 Å². The van der Waals surface area contributed by atoms with Crippen molar-refractivity contribution in [3.63, 3.8) is 0 Å². The van der Waals surface area contributed by atoms with Crippen molar-refractivity contribution in [1.82, 2.24) is 10.2 Å². The van der Waals surface area contributed by atoms with E-state index in [9.17, 15) is 4.79 Å². The minimum atomic E-state index is 0. The molecule has 102 valence electrons. The number of hydrogen-bond donors (Lipinski definition) is 1. The van der Waals surface area contributed by atoms with Crippen molar-refractivity contribution >= 4 is 30.1 Å². The fourth-order valence-corrected chi connectivity index (χ4v) is 2.60. The molecule has 1 amide bonds. The van der Waals surface area contributed by atoms with E-state index in [1.807, 2.05) is 11.8 Å². The van der Waals surface area contributed by atoms with E-state index < -0.39 is 0 Å². The molecular weight excluding hydrogens is 256 g/mol. The Balaban J connectivity index is 0.00000256. The highest BCUT2D eigenvalue weighted by atomic mass is 35.5. The smallest absolute Gasteiger partial charge is 0.222 e. The third-order valence-corrected chi connectivity index (χ3v) is 3.70. The predicted molar refractivity (Wildman–Crippen MR) is 78.1 cm³/mol. The van der Waals surface area contributed by atoms with Crippen molar-refractivity contribution in [2.24, 2.45) is 0 Å². The quantitative estimate of drug-likeness (QED) is 0.726. The van der Waals surface area contributed by atoms with Crippen LogP contribution in [0.25, 0.3) is 0 Å². The number of hydrogen-bond acceptors (Lipinski definition) is 3. The minimum absolute atomic E-state index is 0. The van der Waals surface area contributed by atoms with Gasteiger partial charge in [0, 0.05) is 25.6 Å². The second kappa shape index (κ2) is 10.0. The lowest BCUT2D eigenvalue weighted by Crippen LogP contribution is -2.42. The van der Waals surface area contributed by atoms with E-state index in [4.69, 9.17) is 0 Å². The first-order chi connectivity index (χ1) is 7.79. The summed E-state index contributed by atoms with van der Waals surface area (Å²) in [4.78, 5) is 14.2. The molecule has 3 nitrogen and oxygen atoms in total. The van der Waals surface area contributed by atoms with Crippen LogP contribution < -0.4 is 5.32 Å². The lowest BCUT2D eigenvalue weighted by atomic mass is 10.2. The summed E-state index contributed by atoms with van der Waals surface area (Å²) in [5.74, 6) is 1.44. The van der Waals surface area contributed by atoms with Gasteiger partial charge < -0.3 is 10.2 Å². The third kappa shape index (κ3) is 5.98. The Kier molecular flexibility index (Phi) is 10.1. The summed E-state index contributed by atoms with van der Waals surface area (Å²) in [6.45, 7) is 5.10. The monoisotopic (exact) mass is 280 g/mol. The summed E-state index contributed by atoms with van der Waals surface area (Å²) < 4.78 is 0. The van der Waals surface area contributed by atoms with Crippen LogP contribution in [0.1, 0.15) is 32.6 Å². The number of thioether (sulfide) groups is 1. The predicted octanol–water partition coefficient (Wildman–Crippen LogP) is 2.15. The molecule has 0 aromatic rings. The first-order valence-corrected chi connectivity index (χ1v) is 7.68. The molecule has 17 heavy (non-hydrogen) atoms. The van der Waals surface area contributed by atoms with Crippen LogP contribution in [0, 0.1) is 0 Å². The molecule has 1 atom stereocenters. The van der Waals surface area contributed by atoms with Crippen LogP contribution in [0.3, 0.4) is 0 Å². The Labute approximate surface area is 115 Å². The first kappa shape index (κ1) is 17.1. The standard InChI is InChI=1S/C12H24N2OS.ClH/c1-3-8-14(11-6-7-13-10-11)12(15)5-4-9-16-2;/h11,13H,3-10H2,1-2H3;1H. The summed E-state index contributed by atoms with van der Waals surface area (Å²) in [5, 5.41) is 3.34. The van der Waals surface area contributed by atoms with Crippen LogP contribution in [0.2, 0.25) is 0 Å². The number of carbonyl (C=O) groups is 1. The Morgan fingerprint density at radius 2 is 2.29 bits per heavy atom. The zero-order valence-corrected chi connectivity index (χ0v) is 12.5. The average molecular weight is 281 g/mol. The van der Waals surface area contributed by atoms with Crippen LogP contribution in [0.15, 0.2) is 0 Å². The number of rotatable bonds is 7. The number of nitrogens with one attached hydrogen (secondary N) is 1. The Morgan fingerprint density at radius 3 is 2.82 bits per heavy atom. The van der Waals surface area contributed by atoms with E-state index >= 15 is 0 Å². The maximum atomic E-state index is 12.1. The van der Waals surface area contributed by atoms with E-state index in [1.165, 1.54) is 0 Å². The van der Waals surface area contributed by atoms with E-state index in [1.54, 1.807) is 0 Å². The summed E-state index contributed by atoms with van der Waals surface area (Å²) in [6, 6.07) is 0.446. The van der Waals surface area contributed by atoms with Crippen molar-refractivity contribution in [3.8, 4) is 0 Å². The van der Waals surface area contributed by atoms with Crippen molar-refractivity contribution in [2.45, 2.75) is 38.6 Å². The molecule has 1 unspecified atom stereocenters. The van der Waals surface area contributed by atoms with Gasteiger partial charge >= 0.3 is 0 Å². The Hall–Kier alpha value is 0.0700. The van der Waals surface area contributed by atoms with Crippen molar-refractivity contribution in [1.29, 1.82) is 0 Å². The van der Waals surface area contributed by atoms with Gasteiger partial charge in [-0.05, 0) is 37.8 Å². The number of amides is 1. The SMILES string of the molecule is CCCN(C(=O)CCCSC)C1CCNC1.Cl. The Bertz CT molecular complexity index is 211. The van der Waals surface area contributed by atoms with Gasteiger partial charge in [-0.25, -0.2) is 0 Å². The second-order valence-electron chi connectivity index (χ2n) is 4.33. The molecule has 0 aliphatic carbocycles. The fourth-order valence-electron chi connectivity index (χ4n) is 2.17. The van der Waals surface area contributed by atoms with Gasteiger partial charge in [-0.2, -0.15) is 11.8 Å². The van der Waals surface area contributed by atoms with Gasteiger partial charge in [0.15, 0.2) is 0 Å². The fraction of sp³-hybridized carbons (Fsp3) is 0.917. The molecule has 1 saturated heterocycles. The molecule has 1 aliphatic heterocycles. The molecule has 0 saturated carbocycles. The van der Waals surface area contributed by atoms with Crippen LogP contribution in [-0.4, -0.2) is 48.5 Å².